The van der Waals surface area contributed by atoms with E-state index in [1.807, 2.05) is 51.1 Å². The molecule has 1 aromatic heterocycles. The molecule has 1 fully saturated rings. The average Bonchev–Trinajstić information content (AvgIpc) is 3.62. The molecule has 0 saturated carbocycles. The molecule has 3 heterocycles. The van der Waals surface area contributed by atoms with E-state index in [4.69, 9.17) is 27.0 Å². The number of nitrogens with zero attached hydrogens (tertiary/aromatic N) is 3. The maximum absolute atomic E-state index is 14.1. The number of ether oxygens (including phenoxy) is 1. The summed E-state index contributed by atoms with van der Waals surface area (Å²) >= 11 is 1.31. The van der Waals surface area contributed by atoms with Crippen molar-refractivity contribution >= 4 is 35.2 Å². The fraction of sp³-hybridized carbons (Fsp3) is 0.438. The normalized spacial score (nSPS) is 26.3. The molecule has 232 valence electrons. The Labute approximate surface area is 260 Å². The zero-order valence-corrected chi connectivity index (χ0v) is 26.0. The summed E-state index contributed by atoms with van der Waals surface area (Å²) in [5, 5.41) is 7.14. The number of anilines is 1. The van der Waals surface area contributed by atoms with Crippen molar-refractivity contribution in [3.05, 3.63) is 77.1 Å². The van der Waals surface area contributed by atoms with Gasteiger partial charge in [0, 0.05) is 41.8 Å². The molecule has 3 aromatic rings. The van der Waals surface area contributed by atoms with E-state index in [2.05, 4.69) is 5.32 Å². The van der Waals surface area contributed by atoms with Crippen LogP contribution in [0.5, 0.6) is 0 Å². The number of likely N-dealkylation sites (tertiary alicyclic amines) is 1. The second-order valence-electron chi connectivity index (χ2n) is 12.9. The zero-order chi connectivity index (χ0) is 31.4. The molecule has 44 heavy (non-hydrogen) atoms. The highest BCUT2D eigenvalue weighted by Gasteiger charge is 2.57. The van der Waals surface area contributed by atoms with Gasteiger partial charge in [0.05, 0.1) is 23.5 Å². The lowest BCUT2D eigenvalue weighted by Gasteiger charge is -2.40. The second kappa shape index (κ2) is 11.2. The van der Waals surface area contributed by atoms with Gasteiger partial charge in [-0.2, -0.15) is 5.10 Å². The van der Waals surface area contributed by atoms with Gasteiger partial charge in [-0.15, -0.1) is 11.8 Å². The van der Waals surface area contributed by atoms with Crippen molar-refractivity contribution in [1.29, 1.82) is 0 Å². The third kappa shape index (κ3) is 5.35. The summed E-state index contributed by atoms with van der Waals surface area (Å²) in [7, 11) is 0. The number of ketones is 1. The summed E-state index contributed by atoms with van der Waals surface area (Å²) < 4.78 is 7.29. The molecule has 1 aliphatic carbocycles. The number of nitrogens with two attached hydrogens (primary N) is 3. The van der Waals surface area contributed by atoms with Gasteiger partial charge in [0.2, 0.25) is 5.91 Å². The van der Waals surface area contributed by atoms with Crippen LogP contribution in [0.3, 0.4) is 0 Å². The smallest absolute Gasteiger partial charge is 0.410 e. The van der Waals surface area contributed by atoms with Crippen molar-refractivity contribution in [1.82, 2.24) is 20.0 Å². The standard InChI is InChI=1S/C32H39N7O4S/c1-31(2,3)43-30(42)38-14-7-10-19(17-38)36-29(41)27-24-23-20(11-12-21(33)26(23)44-27)32(35,28(40)25(24)34)22-13-15-39(37-22)16-18-8-5-4-6-9-18/h4-6,8-9,11-13,15,19,24-25,27H,7,10,14,16-17,33-35H2,1-3H3,(H,36,41)/t19-,24?,25?,27?,32?/m1/s1. The third-order valence-corrected chi connectivity index (χ3v) is 10.00. The van der Waals surface area contributed by atoms with Crippen LogP contribution in [0.1, 0.15) is 61.9 Å². The van der Waals surface area contributed by atoms with Crippen molar-refractivity contribution in [3.8, 4) is 0 Å². The maximum Gasteiger partial charge on any atom is 0.410 e. The largest absolute Gasteiger partial charge is 0.444 e. The Kier molecular flexibility index (Phi) is 7.71. The molecule has 2 aromatic carbocycles. The Bertz CT molecular complexity index is 1600. The Morgan fingerprint density at radius 2 is 1.91 bits per heavy atom. The van der Waals surface area contributed by atoms with Crippen LogP contribution in [0.4, 0.5) is 10.5 Å². The lowest BCUT2D eigenvalue weighted by molar-refractivity contribution is -0.126. The number of carbonyl (C=O) groups excluding carboxylic acids is 3. The molecule has 0 bridgehead atoms. The van der Waals surface area contributed by atoms with E-state index >= 15 is 0 Å². The van der Waals surface area contributed by atoms with Crippen LogP contribution >= 0.6 is 11.8 Å². The van der Waals surface area contributed by atoms with E-state index in [-0.39, 0.29) is 11.9 Å². The monoisotopic (exact) mass is 617 g/mol. The summed E-state index contributed by atoms with van der Waals surface area (Å²) in [6.45, 7) is 6.89. The van der Waals surface area contributed by atoms with E-state index in [9.17, 15) is 14.4 Å². The topological polar surface area (TPSA) is 172 Å². The predicted molar refractivity (Wildman–Crippen MR) is 168 cm³/mol. The fourth-order valence-corrected chi connectivity index (χ4v) is 7.94. The van der Waals surface area contributed by atoms with Crippen LogP contribution in [-0.4, -0.2) is 68.5 Å². The van der Waals surface area contributed by atoms with E-state index in [0.717, 1.165) is 24.0 Å². The molecule has 1 saturated heterocycles. The molecule has 4 unspecified atom stereocenters. The zero-order valence-electron chi connectivity index (χ0n) is 25.2. The lowest BCUT2D eigenvalue weighted by atomic mass is 9.66. The SMILES string of the molecule is CC(C)(C)OC(=O)N1CCC[C@@H](NC(=O)C2Sc3c(N)ccc4c3C2C(N)C(=O)C4(N)c2ccn(Cc3ccccc3)n2)C1. The molecule has 12 heteroatoms. The minimum Gasteiger partial charge on any atom is -0.444 e. The lowest BCUT2D eigenvalue weighted by Crippen LogP contribution is -2.61. The molecular weight excluding hydrogens is 578 g/mol. The van der Waals surface area contributed by atoms with Crippen molar-refractivity contribution in [2.24, 2.45) is 11.5 Å². The number of Topliss-reactive ketones (excluding diaryl/α,β-unsaturated/α-hetero) is 1. The van der Waals surface area contributed by atoms with Gasteiger partial charge in [-0.3, -0.25) is 14.3 Å². The first-order chi connectivity index (χ1) is 20.9. The quantitative estimate of drug-likeness (QED) is 0.314. The van der Waals surface area contributed by atoms with Crippen LogP contribution < -0.4 is 22.5 Å². The van der Waals surface area contributed by atoms with Gasteiger partial charge in [0.25, 0.3) is 0 Å². The number of nitrogens with one attached hydrogen (secondary N) is 1. The number of thioether (sulfide) groups is 1. The van der Waals surface area contributed by atoms with Gasteiger partial charge in [0.15, 0.2) is 5.78 Å². The van der Waals surface area contributed by atoms with Gasteiger partial charge in [-0.1, -0.05) is 36.4 Å². The number of amides is 2. The van der Waals surface area contributed by atoms with E-state index < -0.39 is 40.2 Å². The molecule has 0 spiro atoms. The second-order valence-corrected chi connectivity index (χ2v) is 14.0. The summed E-state index contributed by atoms with van der Waals surface area (Å²) in [5.41, 5.74) is 21.2. The fourth-order valence-electron chi connectivity index (χ4n) is 6.48. The molecule has 5 atom stereocenters. The summed E-state index contributed by atoms with van der Waals surface area (Å²) in [5.74, 6) is -1.27. The van der Waals surface area contributed by atoms with Gasteiger partial charge < -0.3 is 32.2 Å². The number of rotatable bonds is 5. The molecule has 2 aliphatic heterocycles. The molecule has 3 aliphatic rings. The highest BCUT2D eigenvalue weighted by molar-refractivity contribution is 8.01. The van der Waals surface area contributed by atoms with Crippen LogP contribution in [0.15, 0.2) is 59.6 Å². The molecule has 11 nitrogen and oxygen atoms in total. The molecule has 2 amide bonds. The van der Waals surface area contributed by atoms with E-state index in [1.54, 1.807) is 34.0 Å². The van der Waals surface area contributed by atoms with Gasteiger partial charge >= 0.3 is 6.09 Å². The summed E-state index contributed by atoms with van der Waals surface area (Å²) in [6.07, 6.45) is 2.85. The van der Waals surface area contributed by atoms with Gasteiger partial charge in [0.1, 0.15) is 11.1 Å². The molecular formula is C32H39N7O4S. The van der Waals surface area contributed by atoms with Gasteiger partial charge in [-0.05, 0) is 62.4 Å². The summed E-state index contributed by atoms with van der Waals surface area (Å²) in [6, 6.07) is 13.8. The van der Waals surface area contributed by atoms with E-state index in [1.165, 1.54) is 11.8 Å². The molecule has 0 radical (unpaired) electrons. The first kappa shape index (κ1) is 30.2. The molecule has 7 N–H and O–H groups in total. The van der Waals surface area contributed by atoms with Crippen LogP contribution in [0, 0.1) is 0 Å². The highest BCUT2D eigenvalue weighted by atomic mass is 32.2. The van der Waals surface area contributed by atoms with Crippen molar-refractivity contribution in [3.63, 3.8) is 0 Å². The van der Waals surface area contributed by atoms with Crippen LogP contribution in [-0.2, 0) is 26.4 Å². The molecule has 6 rings (SSSR count). The first-order valence-electron chi connectivity index (χ1n) is 14.9. The van der Waals surface area contributed by atoms with Crippen molar-refractivity contribution < 1.29 is 19.1 Å². The first-order valence-corrected chi connectivity index (χ1v) is 15.8. The minimum atomic E-state index is -1.60. The Balaban J connectivity index is 1.26. The Hall–Kier alpha value is -3.87. The number of aromatic nitrogens is 2. The van der Waals surface area contributed by atoms with Crippen molar-refractivity contribution in [2.45, 2.75) is 79.4 Å². The Morgan fingerprint density at radius 3 is 2.64 bits per heavy atom. The highest BCUT2D eigenvalue weighted by Crippen LogP contribution is 2.56. The number of carbonyl (C=O) groups is 3. The van der Waals surface area contributed by atoms with Crippen LogP contribution in [0.2, 0.25) is 0 Å². The van der Waals surface area contributed by atoms with Gasteiger partial charge in [-0.25, -0.2) is 4.79 Å². The maximum atomic E-state index is 14.1. The number of hydrogen-bond acceptors (Lipinski definition) is 9. The van der Waals surface area contributed by atoms with E-state index in [0.29, 0.717) is 41.5 Å². The minimum absolute atomic E-state index is 0.252. The number of piperidine rings is 1. The van der Waals surface area contributed by atoms with Crippen LogP contribution in [0.25, 0.3) is 0 Å². The summed E-state index contributed by atoms with van der Waals surface area (Å²) in [4.78, 5) is 43.0. The predicted octanol–water partition coefficient (Wildman–Crippen LogP) is 2.70. The Morgan fingerprint density at radius 1 is 1.16 bits per heavy atom. The third-order valence-electron chi connectivity index (χ3n) is 8.54. The van der Waals surface area contributed by atoms with Crippen molar-refractivity contribution in [2.75, 3.05) is 18.8 Å². The number of hydrogen-bond donors (Lipinski definition) is 4. The average molecular weight is 618 g/mol. The number of benzene rings is 2. The number of nitrogen functional groups attached to an aromatic ring is 1.